The molecule has 0 amide bonds. The Morgan fingerprint density at radius 1 is 1.11 bits per heavy atom. The second kappa shape index (κ2) is 3.72. The molecular formula is C16H26N2S. The highest BCUT2D eigenvalue weighted by Gasteiger charge is 2.60. The van der Waals surface area contributed by atoms with Crippen molar-refractivity contribution in [2.45, 2.75) is 70.9 Å². The van der Waals surface area contributed by atoms with Gasteiger partial charge < -0.3 is 5.32 Å². The van der Waals surface area contributed by atoms with Gasteiger partial charge in [-0.05, 0) is 62.2 Å². The summed E-state index contributed by atoms with van der Waals surface area (Å²) in [6.45, 7) is 7.31. The van der Waals surface area contributed by atoms with E-state index >= 15 is 0 Å². The monoisotopic (exact) mass is 278 g/mol. The molecule has 1 aliphatic heterocycles. The van der Waals surface area contributed by atoms with Gasteiger partial charge in [-0.2, -0.15) is 0 Å². The topological polar surface area (TPSA) is 24.4 Å². The van der Waals surface area contributed by atoms with Crippen LogP contribution in [0.25, 0.3) is 0 Å². The van der Waals surface area contributed by atoms with Crippen LogP contribution in [-0.2, 0) is 0 Å². The molecule has 0 radical (unpaired) electrons. The molecule has 5 rings (SSSR count). The maximum Gasteiger partial charge on any atom is 0.157 e. The normalized spacial score (nSPS) is 55.4. The molecule has 1 N–H and O–H groups in total. The van der Waals surface area contributed by atoms with E-state index in [-0.39, 0.29) is 0 Å². The summed E-state index contributed by atoms with van der Waals surface area (Å²) in [4.78, 5) is 4.78. The van der Waals surface area contributed by atoms with Crippen LogP contribution in [0.2, 0.25) is 0 Å². The molecule has 3 unspecified atom stereocenters. The fourth-order valence-corrected chi connectivity index (χ4v) is 7.37. The summed E-state index contributed by atoms with van der Waals surface area (Å²) in [6.07, 6.45) is 8.55. The number of aliphatic imine (C=N–C) groups is 1. The SMILES string of the molecule is CC1CSC(NC23CC4CC(C)(CC(C)(C4)C2)C3)=N1. The molecule has 1 heterocycles. The maximum absolute atomic E-state index is 4.78. The van der Waals surface area contributed by atoms with Crippen LogP contribution in [0.4, 0.5) is 0 Å². The van der Waals surface area contributed by atoms with Gasteiger partial charge in [0.05, 0.1) is 6.04 Å². The molecule has 0 aromatic rings. The number of rotatable bonds is 1. The van der Waals surface area contributed by atoms with Crippen molar-refractivity contribution in [3.63, 3.8) is 0 Å². The summed E-state index contributed by atoms with van der Waals surface area (Å²) in [5.74, 6) is 2.12. The van der Waals surface area contributed by atoms with E-state index < -0.39 is 0 Å². The molecule has 19 heavy (non-hydrogen) atoms. The van der Waals surface area contributed by atoms with Crippen molar-refractivity contribution in [2.75, 3.05) is 5.75 Å². The smallest absolute Gasteiger partial charge is 0.157 e. The number of hydrogen-bond donors (Lipinski definition) is 1. The number of hydrogen-bond acceptors (Lipinski definition) is 3. The lowest BCUT2D eigenvalue weighted by Gasteiger charge is -2.65. The zero-order chi connectivity index (χ0) is 13.3. The van der Waals surface area contributed by atoms with E-state index in [9.17, 15) is 0 Å². The number of amidine groups is 1. The summed E-state index contributed by atoms with van der Waals surface area (Å²) in [7, 11) is 0. The van der Waals surface area contributed by atoms with Crippen molar-refractivity contribution >= 4 is 16.9 Å². The van der Waals surface area contributed by atoms with Gasteiger partial charge in [-0.1, -0.05) is 25.6 Å². The maximum atomic E-state index is 4.78. The van der Waals surface area contributed by atoms with Crippen molar-refractivity contribution in [1.82, 2.24) is 5.32 Å². The van der Waals surface area contributed by atoms with Crippen LogP contribution in [0, 0.1) is 16.7 Å². The molecule has 0 aromatic heterocycles. The lowest BCUT2D eigenvalue weighted by atomic mass is 9.43. The third kappa shape index (κ3) is 2.03. The quantitative estimate of drug-likeness (QED) is 0.788. The van der Waals surface area contributed by atoms with Crippen molar-refractivity contribution in [3.05, 3.63) is 0 Å². The standard InChI is InChI=1S/C16H26N2S/c1-11-7-19-13(17-11)18-16-6-12-4-14(2,9-16)8-15(3,5-12)10-16/h11-12H,4-10H2,1-3H3,(H,17,18). The fraction of sp³-hybridized carbons (Fsp3) is 0.938. The van der Waals surface area contributed by atoms with Crippen LogP contribution in [0.1, 0.15) is 59.3 Å². The molecule has 3 atom stereocenters. The summed E-state index contributed by atoms with van der Waals surface area (Å²) < 4.78 is 0. The first-order valence-electron chi connectivity index (χ1n) is 7.87. The summed E-state index contributed by atoms with van der Waals surface area (Å²) in [5.41, 5.74) is 1.56. The molecule has 3 heteroatoms. The van der Waals surface area contributed by atoms with Crippen LogP contribution in [0.5, 0.6) is 0 Å². The summed E-state index contributed by atoms with van der Waals surface area (Å²) in [5, 5.41) is 5.15. The Hall–Kier alpha value is -0.180. The van der Waals surface area contributed by atoms with Crippen LogP contribution in [0.15, 0.2) is 4.99 Å². The highest BCUT2D eigenvalue weighted by atomic mass is 32.2. The Kier molecular flexibility index (Phi) is 2.46. The van der Waals surface area contributed by atoms with Gasteiger partial charge in [-0.25, -0.2) is 0 Å². The second-order valence-electron chi connectivity index (χ2n) is 8.63. The molecule has 0 aromatic carbocycles. The largest absolute Gasteiger partial charge is 0.359 e. The van der Waals surface area contributed by atoms with E-state index in [2.05, 4.69) is 26.1 Å². The van der Waals surface area contributed by atoms with E-state index in [1.54, 1.807) is 0 Å². The van der Waals surface area contributed by atoms with E-state index in [0.29, 0.717) is 22.4 Å². The molecule has 4 bridgehead atoms. The minimum Gasteiger partial charge on any atom is -0.359 e. The van der Waals surface area contributed by atoms with Gasteiger partial charge in [-0.3, -0.25) is 4.99 Å². The van der Waals surface area contributed by atoms with E-state index in [1.165, 1.54) is 43.7 Å². The van der Waals surface area contributed by atoms with E-state index in [4.69, 9.17) is 4.99 Å². The summed E-state index contributed by atoms with van der Waals surface area (Å²) >= 11 is 1.94. The van der Waals surface area contributed by atoms with Gasteiger partial charge in [0, 0.05) is 11.3 Å². The average Bonchev–Trinajstić information content (AvgIpc) is 2.56. The molecule has 4 saturated carbocycles. The van der Waals surface area contributed by atoms with Crippen LogP contribution < -0.4 is 5.32 Å². The number of nitrogens with one attached hydrogen (secondary N) is 1. The Morgan fingerprint density at radius 3 is 2.32 bits per heavy atom. The van der Waals surface area contributed by atoms with Crippen molar-refractivity contribution in [2.24, 2.45) is 21.7 Å². The highest BCUT2D eigenvalue weighted by molar-refractivity contribution is 8.14. The van der Waals surface area contributed by atoms with Gasteiger partial charge in [0.15, 0.2) is 5.17 Å². The third-order valence-electron chi connectivity index (χ3n) is 5.80. The minimum atomic E-state index is 0.374. The van der Waals surface area contributed by atoms with Gasteiger partial charge >= 0.3 is 0 Å². The van der Waals surface area contributed by atoms with Crippen LogP contribution in [0.3, 0.4) is 0 Å². The van der Waals surface area contributed by atoms with Crippen LogP contribution in [-0.4, -0.2) is 22.5 Å². The minimum absolute atomic E-state index is 0.374. The lowest BCUT2D eigenvalue weighted by Crippen LogP contribution is -2.64. The van der Waals surface area contributed by atoms with E-state index in [0.717, 1.165) is 11.7 Å². The van der Waals surface area contributed by atoms with Gasteiger partial charge in [0.2, 0.25) is 0 Å². The van der Waals surface area contributed by atoms with Crippen molar-refractivity contribution < 1.29 is 0 Å². The molecule has 106 valence electrons. The average molecular weight is 278 g/mol. The zero-order valence-corrected chi connectivity index (χ0v) is 13.3. The lowest BCUT2D eigenvalue weighted by molar-refractivity contribution is -0.111. The number of nitrogens with zero attached hydrogens (tertiary/aromatic N) is 1. The van der Waals surface area contributed by atoms with Gasteiger partial charge in [0.25, 0.3) is 0 Å². The predicted octanol–water partition coefficient (Wildman–Crippen LogP) is 3.82. The molecule has 4 aliphatic carbocycles. The Labute approximate surface area is 121 Å². The molecule has 5 aliphatic rings. The fourth-order valence-electron chi connectivity index (χ4n) is 6.36. The third-order valence-corrected chi connectivity index (χ3v) is 6.93. The van der Waals surface area contributed by atoms with E-state index in [1.807, 2.05) is 11.8 Å². The zero-order valence-electron chi connectivity index (χ0n) is 12.5. The van der Waals surface area contributed by atoms with Crippen molar-refractivity contribution in [1.29, 1.82) is 0 Å². The Balaban J connectivity index is 1.62. The predicted molar refractivity (Wildman–Crippen MR) is 82.6 cm³/mol. The van der Waals surface area contributed by atoms with Crippen molar-refractivity contribution in [3.8, 4) is 0 Å². The number of thioether (sulfide) groups is 1. The molecule has 0 saturated heterocycles. The molecule has 0 spiro atoms. The first-order chi connectivity index (χ1) is 8.88. The van der Waals surface area contributed by atoms with Gasteiger partial charge in [0.1, 0.15) is 0 Å². The first-order valence-corrected chi connectivity index (χ1v) is 8.85. The Bertz CT molecular complexity index is 426. The Morgan fingerprint density at radius 2 is 1.79 bits per heavy atom. The molecular weight excluding hydrogens is 252 g/mol. The molecule has 2 nitrogen and oxygen atoms in total. The second-order valence-corrected chi connectivity index (χ2v) is 9.64. The highest BCUT2D eigenvalue weighted by Crippen LogP contribution is 2.66. The summed E-state index contributed by atoms with van der Waals surface area (Å²) in [6, 6.07) is 0.507. The van der Waals surface area contributed by atoms with Crippen LogP contribution >= 0.6 is 11.8 Å². The molecule has 4 fully saturated rings. The van der Waals surface area contributed by atoms with Gasteiger partial charge in [-0.15, -0.1) is 0 Å². The first kappa shape index (κ1) is 12.6.